The first-order valence-electron chi connectivity index (χ1n) is 11.8. The van der Waals surface area contributed by atoms with Gasteiger partial charge in [0.1, 0.15) is 0 Å². The molecule has 2 aliphatic heterocycles. The van der Waals surface area contributed by atoms with Gasteiger partial charge in [-0.1, -0.05) is 35.8 Å². The molecule has 7 nitrogen and oxygen atoms in total. The van der Waals surface area contributed by atoms with E-state index in [1.165, 1.54) is 16.2 Å². The number of rotatable bonds is 7. The van der Waals surface area contributed by atoms with Crippen LogP contribution in [0.3, 0.4) is 0 Å². The van der Waals surface area contributed by atoms with Crippen LogP contribution >= 0.6 is 23.1 Å². The van der Waals surface area contributed by atoms with Crippen LogP contribution < -0.4 is 5.48 Å². The van der Waals surface area contributed by atoms with E-state index in [9.17, 15) is 4.79 Å². The summed E-state index contributed by atoms with van der Waals surface area (Å²) >= 11 is 3.67. The number of nitrogens with zero attached hydrogens (tertiary/aromatic N) is 2. The zero-order chi connectivity index (χ0) is 23.4. The second kappa shape index (κ2) is 10.6. The van der Waals surface area contributed by atoms with Crippen molar-refractivity contribution in [1.29, 1.82) is 0 Å². The maximum atomic E-state index is 12.9. The van der Waals surface area contributed by atoms with E-state index in [2.05, 4.69) is 39.9 Å². The number of thiophene rings is 1. The van der Waals surface area contributed by atoms with E-state index >= 15 is 0 Å². The second-order valence-corrected chi connectivity index (χ2v) is 11.4. The van der Waals surface area contributed by atoms with Gasteiger partial charge in [0.25, 0.3) is 0 Å². The summed E-state index contributed by atoms with van der Waals surface area (Å²) in [7, 11) is 0. The Bertz CT molecular complexity index is 1100. The first-order valence-corrected chi connectivity index (χ1v) is 13.6. The Labute approximate surface area is 207 Å². The normalized spacial score (nSPS) is 23.0. The van der Waals surface area contributed by atoms with Crippen molar-refractivity contribution in [3.8, 4) is 21.8 Å². The summed E-state index contributed by atoms with van der Waals surface area (Å²) in [5.74, 6) is 2.13. The first-order chi connectivity index (χ1) is 16.6. The molecule has 34 heavy (non-hydrogen) atoms. The summed E-state index contributed by atoms with van der Waals surface area (Å²) in [5, 5.41) is 3.99. The Hall–Kier alpha value is -2.20. The maximum absolute atomic E-state index is 12.9. The third-order valence-electron chi connectivity index (χ3n) is 6.25. The molecule has 0 aliphatic carbocycles. The van der Waals surface area contributed by atoms with Crippen molar-refractivity contribution in [2.45, 2.75) is 62.9 Å². The Balaban J connectivity index is 1.29. The SMILES string of the molecule is Cc1nc(-c2ccc(-c3ccc([C@@]4(CC(=O)NOC5CCCCO5)CCCCS4)s3)cc2)no1. The molecule has 5 rings (SSSR count). The molecule has 0 bridgehead atoms. The first kappa shape index (κ1) is 23.5. The monoisotopic (exact) mass is 499 g/mol. The Morgan fingerprint density at radius 3 is 2.71 bits per heavy atom. The van der Waals surface area contributed by atoms with E-state index in [0.717, 1.165) is 49.0 Å². The van der Waals surface area contributed by atoms with Gasteiger partial charge in [-0.25, -0.2) is 10.3 Å². The number of ether oxygens (including phenoxy) is 1. The number of hydrogen-bond donors (Lipinski definition) is 1. The summed E-state index contributed by atoms with van der Waals surface area (Å²) in [6.45, 7) is 2.47. The fraction of sp³-hybridized carbons (Fsp3) is 0.480. The van der Waals surface area contributed by atoms with Gasteiger partial charge in [0.05, 0.1) is 4.75 Å². The van der Waals surface area contributed by atoms with Crippen LogP contribution in [0.1, 0.15) is 55.7 Å². The van der Waals surface area contributed by atoms with E-state index in [0.29, 0.717) is 24.7 Å². The van der Waals surface area contributed by atoms with E-state index in [1.807, 2.05) is 23.9 Å². The standard InChI is InChI=1S/C25H29N3O4S2/c1-17-26-24(28-31-17)19-9-7-18(8-10-19)20-11-12-21(34-20)25(13-3-5-15-33-25)16-22(29)27-32-23-6-2-4-14-30-23/h7-12,23H,2-6,13-16H2,1H3,(H,27,29)/t23?,25-/m0/s1. The van der Waals surface area contributed by atoms with Gasteiger partial charge in [-0.2, -0.15) is 4.98 Å². The number of carbonyl (C=O) groups is 1. The molecule has 3 aromatic rings. The van der Waals surface area contributed by atoms with Crippen LogP contribution in [0.15, 0.2) is 40.9 Å². The highest BCUT2D eigenvalue weighted by atomic mass is 32.2. The van der Waals surface area contributed by atoms with Crippen molar-refractivity contribution in [3.63, 3.8) is 0 Å². The fourth-order valence-corrected chi connectivity index (χ4v) is 7.34. The van der Waals surface area contributed by atoms with Crippen molar-refractivity contribution in [3.05, 3.63) is 47.2 Å². The highest BCUT2D eigenvalue weighted by molar-refractivity contribution is 8.00. The molecule has 1 aromatic carbocycles. The molecular weight excluding hydrogens is 470 g/mol. The third-order valence-corrected chi connectivity index (χ3v) is 9.33. The minimum atomic E-state index is -0.333. The zero-order valence-electron chi connectivity index (χ0n) is 19.2. The fourth-order valence-electron chi connectivity index (χ4n) is 4.44. The summed E-state index contributed by atoms with van der Waals surface area (Å²) in [5.41, 5.74) is 4.73. The van der Waals surface area contributed by atoms with E-state index < -0.39 is 0 Å². The number of hydrogen-bond acceptors (Lipinski definition) is 8. The Morgan fingerprint density at radius 2 is 2.00 bits per heavy atom. The van der Waals surface area contributed by atoms with Crippen LogP contribution in [0, 0.1) is 6.92 Å². The molecule has 2 fully saturated rings. The Morgan fingerprint density at radius 1 is 1.15 bits per heavy atom. The topological polar surface area (TPSA) is 86.5 Å². The molecule has 4 heterocycles. The average Bonchev–Trinajstić information content (AvgIpc) is 3.54. The highest BCUT2D eigenvalue weighted by Crippen LogP contribution is 2.51. The molecule has 1 unspecified atom stereocenters. The summed E-state index contributed by atoms with van der Waals surface area (Å²) < 4.78 is 10.4. The molecule has 9 heteroatoms. The lowest BCUT2D eigenvalue weighted by Crippen LogP contribution is -2.37. The van der Waals surface area contributed by atoms with Gasteiger partial charge in [-0.15, -0.1) is 23.1 Å². The van der Waals surface area contributed by atoms with Gasteiger partial charge in [-0.3, -0.25) is 4.79 Å². The van der Waals surface area contributed by atoms with Crippen molar-refractivity contribution < 1.29 is 18.9 Å². The molecule has 2 saturated heterocycles. The summed E-state index contributed by atoms with van der Waals surface area (Å²) in [4.78, 5) is 25.1. The molecule has 1 amide bonds. The molecule has 2 atom stereocenters. The van der Waals surface area contributed by atoms with Gasteiger partial charge in [0.2, 0.25) is 17.6 Å². The average molecular weight is 500 g/mol. The largest absolute Gasteiger partial charge is 0.350 e. The van der Waals surface area contributed by atoms with Crippen LogP contribution in [0.4, 0.5) is 0 Å². The number of aryl methyl sites for hydroxylation is 1. The van der Waals surface area contributed by atoms with Crippen LogP contribution in [0.2, 0.25) is 0 Å². The second-order valence-electron chi connectivity index (χ2n) is 8.79. The predicted octanol–water partition coefficient (Wildman–Crippen LogP) is 5.85. The van der Waals surface area contributed by atoms with Crippen LogP contribution in [-0.2, 0) is 19.1 Å². The number of nitrogens with one attached hydrogen (secondary N) is 1. The number of aromatic nitrogens is 2. The molecule has 0 radical (unpaired) electrons. The molecule has 2 aliphatic rings. The lowest BCUT2D eigenvalue weighted by molar-refractivity contribution is -0.200. The number of hydroxylamine groups is 1. The molecule has 0 spiro atoms. The quantitative estimate of drug-likeness (QED) is 0.408. The predicted molar refractivity (Wildman–Crippen MR) is 133 cm³/mol. The lowest BCUT2D eigenvalue weighted by Gasteiger charge is -2.35. The Kier molecular flexibility index (Phi) is 7.34. The molecule has 180 valence electrons. The van der Waals surface area contributed by atoms with Crippen LogP contribution in [0.5, 0.6) is 0 Å². The van der Waals surface area contributed by atoms with Gasteiger partial charge in [0.15, 0.2) is 6.29 Å². The van der Waals surface area contributed by atoms with Crippen molar-refractivity contribution in [2.24, 2.45) is 0 Å². The number of thioether (sulfide) groups is 1. The van der Waals surface area contributed by atoms with Crippen molar-refractivity contribution in [1.82, 2.24) is 15.6 Å². The van der Waals surface area contributed by atoms with Crippen molar-refractivity contribution >= 4 is 29.0 Å². The molecule has 1 N–H and O–H groups in total. The summed E-state index contributed by atoms with van der Waals surface area (Å²) in [6.07, 6.45) is 6.30. The van der Waals surface area contributed by atoms with Gasteiger partial charge >= 0.3 is 0 Å². The minimum absolute atomic E-state index is 0.0849. The summed E-state index contributed by atoms with van der Waals surface area (Å²) in [6, 6.07) is 12.6. The van der Waals surface area contributed by atoms with Gasteiger partial charge in [0, 0.05) is 41.7 Å². The van der Waals surface area contributed by atoms with E-state index in [1.54, 1.807) is 18.3 Å². The highest BCUT2D eigenvalue weighted by Gasteiger charge is 2.38. The number of carbonyl (C=O) groups excluding carboxylic acids is 1. The van der Waals surface area contributed by atoms with E-state index in [4.69, 9.17) is 14.1 Å². The zero-order valence-corrected chi connectivity index (χ0v) is 20.9. The number of benzene rings is 1. The van der Waals surface area contributed by atoms with Crippen molar-refractivity contribution in [2.75, 3.05) is 12.4 Å². The smallest absolute Gasteiger partial charge is 0.245 e. The van der Waals surface area contributed by atoms with Crippen LogP contribution in [0.25, 0.3) is 21.8 Å². The minimum Gasteiger partial charge on any atom is -0.350 e. The van der Waals surface area contributed by atoms with Crippen LogP contribution in [-0.4, -0.2) is 34.7 Å². The van der Waals surface area contributed by atoms with Gasteiger partial charge in [-0.05, 0) is 49.1 Å². The number of amides is 1. The molecule has 2 aromatic heterocycles. The maximum Gasteiger partial charge on any atom is 0.245 e. The lowest BCUT2D eigenvalue weighted by atomic mass is 9.94. The molecule has 0 saturated carbocycles. The molecular formula is C25H29N3O4S2. The van der Waals surface area contributed by atoms with E-state index in [-0.39, 0.29) is 16.9 Å². The van der Waals surface area contributed by atoms with Gasteiger partial charge < -0.3 is 9.26 Å². The third kappa shape index (κ3) is 5.38.